The van der Waals surface area contributed by atoms with Crippen molar-refractivity contribution in [2.24, 2.45) is 5.16 Å². The topological polar surface area (TPSA) is 32.6 Å². The minimum absolute atomic E-state index is 0.983. The molecule has 96 valence electrons. The fourth-order valence-corrected chi connectivity index (χ4v) is 1.91. The van der Waals surface area contributed by atoms with Crippen LogP contribution >= 0.6 is 0 Å². The molecule has 1 rings (SSSR count). The van der Waals surface area contributed by atoms with Crippen LogP contribution in [0.3, 0.4) is 0 Å². The second kappa shape index (κ2) is 12.5. The van der Waals surface area contributed by atoms with E-state index < -0.39 is 0 Å². The highest BCUT2D eigenvalue weighted by atomic mass is 16.4. The van der Waals surface area contributed by atoms with Crippen LogP contribution in [-0.4, -0.2) is 10.9 Å². The third-order valence-electron chi connectivity index (χ3n) is 3.03. The summed E-state index contributed by atoms with van der Waals surface area (Å²) in [6, 6.07) is 0. The molecule has 1 fully saturated rings. The van der Waals surface area contributed by atoms with Crippen molar-refractivity contribution in [2.45, 2.75) is 84.5 Å². The quantitative estimate of drug-likeness (QED) is 0.393. The predicted molar refractivity (Wildman–Crippen MR) is 71.4 cm³/mol. The fourth-order valence-electron chi connectivity index (χ4n) is 1.91. The second-order valence-corrected chi connectivity index (χ2v) is 4.64. The summed E-state index contributed by atoms with van der Waals surface area (Å²) >= 11 is 0. The molecule has 0 unspecified atom stereocenters. The Bertz CT molecular complexity index is 152. The van der Waals surface area contributed by atoms with Crippen LogP contribution in [-0.2, 0) is 0 Å². The van der Waals surface area contributed by atoms with Crippen LogP contribution in [0.2, 0.25) is 0 Å². The first-order chi connectivity index (χ1) is 7.85. The SMILES string of the molecule is CCCCCCCC.ON=C1CCCCC1. The van der Waals surface area contributed by atoms with Crippen LogP contribution in [0.15, 0.2) is 5.16 Å². The van der Waals surface area contributed by atoms with E-state index in [4.69, 9.17) is 5.21 Å². The Kier molecular flexibility index (Phi) is 12.1. The highest BCUT2D eigenvalue weighted by molar-refractivity contribution is 5.84. The van der Waals surface area contributed by atoms with Gasteiger partial charge >= 0.3 is 0 Å². The van der Waals surface area contributed by atoms with E-state index in [0.717, 1.165) is 18.6 Å². The summed E-state index contributed by atoms with van der Waals surface area (Å²) in [5.74, 6) is 0. The predicted octanol–water partition coefficient (Wildman–Crippen LogP) is 5.15. The molecule has 1 aliphatic rings. The molecule has 0 spiro atoms. The standard InChI is InChI=1S/C8H18.C6H11NO/c1-3-5-7-8-6-4-2;8-7-6-4-2-1-3-5-6/h3-8H2,1-2H3;8H,1-5H2. The molecule has 0 amide bonds. The summed E-state index contributed by atoms with van der Waals surface area (Å²) < 4.78 is 0. The summed E-state index contributed by atoms with van der Waals surface area (Å²) in [6.45, 7) is 4.51. The molecule has 16 heavy (non-hydrogen) atoms. The number of unbranched alkanes of at least 4 members (excludes halogenated alkanes) is 5. The van der Waals surface area contributed by atoms with Gasteiger partial charge < -0.3 is 5.21 Å². The van der Waals surface area contributed by atoms with Crippen LogP contribution in [0, 0.1) is 0 Å². The van der Waals surface area contributed by atoms with Crippen LogP contribution in [0.1, 0.15) is 84.5 Å². The van der Waals surface area contributed by atoms with Crippen LogP contribution in [0.4, 0.5) is 0 Å². The molecule has 2 heteroatoms. The van der Waals surface area contributed by atoms with Gasteiger partial charge in [0.25, 0.3) is 0 Å². The van der Waals surface area contributed by atoms with Crippen LogP contribution in [0.5, 0.6) is 0 Å². The molecule has 0 aromatic rings. The maximum Gasteiger partial charge on any atom is 0.0570 e. The molecule has 2 nitrogen and oxygen atoms in total. The highest BCUT2D eigenvalue weighted by Gasteiger charge is 2.05. The molecule has 0 aromatic carbocycles. The molecule has 0 aromatic heterocycles. The average Bonchev–Trinajstić information content (AvgIpc) is 2.36. The van der Waals surface area contributed by atoms with Crippen molar-refractivity contribution in [1.82, 2.24) is 0 Å². The monoisotopic (exact) mass is 227 g/mol. The normalized spacial score (nSPS) is 15.2. The van der Waals surface area contributed by atoms with E-state index in [2.05, 4.69) is 19.0 Å². The molecule has 0 saturated heterocycles. The van der Waals surface area contributed by atoms with Crippen molar-refractivity contribution >= 4 is 5.71 Å². The molecule has 0 aliphatic heterocycles. The van der Waals surface area contributed by atoms with Crippen LogP contribution < -0.4 is 0 Å². The summed E-state index contributed by atoms with van der Waals surface area (Å²) in [5, 5.41) is 11.4. The average molecular weight is 227 g/mol. The lowest BCUT2D eigenvalue weighted by molar-refractivity contribution is 0.314. The van der Waals surface area contributed by atoms with Gasteiger partial charge in [-0.3, -0.25) is 0 Å². The lowest BCUT2D eigenvalue weighted by atomic mass is 9.99. The number of oxime groups is 1. The minimum Gasteiger partial charge on any atom is -0.411 e. The molecule has 0 atom stereocenters. The molecule has 0 radical (unpaired) electrons. The molecular formula is C14H29NO. The first-order valence-corrected chi connectivity index (χ1v) is 7.04. The van der Waals surface area contributed by atoms with Crippen LogP contribution in [0.25, 0.3) is 0 Å². The smallest absolute Gasteiger partial charge is 0.0570 e. The lowest BCUT2D eigenvalue weighted by Gasteiger charge is -2.08. The van der Waals surface area contributed by atoms with E-state index >= 15 is 0 Å². The van der Waals surface area contributed by atoms with Crippen molar-refractivity contribution in [1.29, 1.82) is 0 Å². The van der Waals surface area contributed by atoms with E-state index in [-0.39, 0.29) is 0 Å². The Labute approximate surface area is 101 Å². The largest absolute Gasteiger partial charge is 0.411 e. The maximum absolute atomic E-state index is 8.28. The molecule has 0 bridgehead atoms. The summed E-state index contributed by atoms with van der Waals surface area (Å²) in [6.07, 6.45) is 14.2. The van der Waals surface area contributed by atoms with Gasteiger partial charge in [0.05, 0.1) is 5.71 Å². The van der Waals surface area contributed by atoms with Crippen molar-refractivity contribution in [3.05, 3.63) is 0 Å². The van der Waals surface area contributed by atoms with E-state index in [1.807, 2.05) is 0 Å². The number of nitrogens with zero attached hydrogens (tertiary/aromatic N) is 1. The van der Waals surface area contributed by atoms with Gasteiger partial charge in [0, 0.05) is 0 Å². The number of hydrogen-bond acceptors (Lipinski definition) is 2. The van der Waals surface area contributed by atoms with Gasteiger partial charge in [0.1, 0.15) is 0 Å². The van der Waals surface area contributed by atoms with Gasteiger partial charge in [-0.1, -0.05) is 63.9 Å². The second-order valence-electron chi connectivity index (χ2n) is 4.64. The Hall–Kier alpha value is -0.530. The third kappa shape index (κ3) is 10.0. The van der Waals surface area contributed by atoms with Crippen molar-refractivity contribution in [3.63, 3.8) is 0 Å². The first-order valence-electron chi connectivity index (χ1n) is 7.04. The van der Waals surface area contributed by atoms with E-state index in [1.165, 1.54) is 57.8 Å². The Morgan fingerprint density at radius 2 is 1.38 bits per heavy atom. The van der Waals surface area contributed by atoms with E-state index in [1.54, 1.807) is 0 Å². The molecule has 0 heterocycles. The van der Waals surface area contributed by atoms with Gasteiger partial charge in [-0.15, -0.1) is 0 Å². The van der Waals surface area contributed by atoms with Crippen molar-refractivity contribution < 1.29 is 5.21 Å². The summed E-state index contributed by atoms with van der Waals surface area (Å²) in [4.78, 5) is 0. The Morgan fingerprint density at radius 3 is 1.69 bits per heavy atom. The molecular weight excluding hydrogens is 198 g/mol. The van der Waals surface area contributed by atoms with Gasteiger partial charge in [0.15, 0.2) is 0 Å². The zero-order valence-electron chi connectivity index (χ0n) is 11.2. The Balaban J connectivity index is 0.000000281. The lowest BCUT2D eigenvalue weighted by Crippen LogP contribution is -2.03. The van der Waals surface area contributed by atoms with Gasteiger partial charge in [-0.05, 0) is 25.7 Å². The highest BCUT2D eigenvalue weighted by Crippen LogP contribution is 2.13. The zero-order chi connectivity index (χ0) is 12.1. The number of rotatable bonds is 5. The zero-order valence-corrected chi connectivity index (χ0v) is 11.2. The summed E-state index contributed by atoms with van der Waals surface area (Å²) in [5.41, 5.74) is 0.983. The molecule has 1 aliphatic carbocycles. The summed E-state index contributed by atoms with van der Waals surface area (Å²) in [7, 11) is 0. The third-order valence-corrected chi connectivity index (χ3v) is 3.03. The van der Waals surface area contributed by atoms with Crippen molar-refractivity contribution in [3.8, 4) is 0 Å². The maximum atomic E-state index is 8.28. The Morgan fingerprint density at radius 1 is 0.875 bits per heavy atom. The van der Waals surface area contributed by atoms with E-state index in [9.17, 15) is 0 Å². The van der Waals surface area contributed by atoms with Gasteiger partial charge in [-0.25, -0.2) is 0 Å². The van der Waals surface area contributed by atoms with Crippen molar-refractivity contribution in [2.75, 3.05) is 0 Å². The fraction of sp³-hybridized carbons (Fsp3) is 0.929. The molecule has 1 saturated carbocycles. The molecule has 1 N–H and O–H groups in total. The first kappa shape index (κ1) is 15.5. The number of hydrogen-bond donors (Lipinski definition) is 1. The minimum atomic E-state index is 0.983. The van der Waals surface area contributed by atoms with Gasteiger partial charge in [-0.2, -0.15) is 0 Å². The van der Waals surface area contributed by atoms with E-state index in [0.29, 0.717) is 0 Å². The van der Waals surface area contributed by atoms with Gasteiger partial charge in [0.2, 0.25) is 0 Å².